The van der Waals surface area contributed by atoms with E-state index in [1.165, 1.54) is 5.01 Å². The molecule has 33 heavy (non-hydrogen) atoms. The molecule has 0 spiro atoms. The maximum absolute atomic E-state index is 13.2. The van der Waals surface area contributed by atoms with Crippen LogP contribution in [0.5, 0.6) is 0 Å². The highest BCUT2D eigenvalue weighted by Gasteiger charge is 2.42. The van der Waals surface area contributed by atoms with Gasteiger partial charge in [0.25, 0.3) is 5.91 Å². The predicted molar refractivity (Wildman–Crippen MR) is 125 cm³/mol. The van der Waals surface area contributed by atoms with E-state index in [0.717, 1.165) is 30.3 Å². The minimum atomic E-state index is -0.349. The van der Waals surface area contributed by atoms with Gasteiger partial charge in [0.15, 0.2) is 0 Å². The minimum Gasteiger partial charge on any atom is -0.336 e. The second kappa shape index (κ2) is 9.07. The van der Waals surface area contributed by atoms with Crippen LogP contribution in [0.15, 0.2) is 41.8 Å². The van der Waals surface area contributed by atoms with E-state index in [1.807, 2.05) is 24.0 Å². The molecular formula is C24H27N5O3S. The number of aryl methyl sites for hydroxylation is 1. The van der Waals surface area contributed by atoms with Gasteiger partial charge >= 0.3 is 0 Å². The van der Waals surface area contributed by atoms with Crippen molar-refractivity contribution in [3.8, 4) is 0 Å². The summed E-state index contributed by atoms with van der Waals surface area (Å²) in [6, 6.07) is 6.97. The number of nitrogens with one attached hydrogen (secondary N) is 1. The molecule has 0 bridgehead atoms. The smallest absolute Gasteiger partial charge is 0.254 e. The summed E-state index contributed by atoms with van der Waals surface area (Å²) in [4.78, 5) is 47.5. The normalized spacial score (nSPS) is 23.4. The molecule has 3 heterocycles. The molecule has 2 atom stereocenters. The number of amides is 3. The molecule has 2 fully saturated rings. The van der Waals surface area contributed by atoms with Crippen molar-refractivity contribution in [2.75, 3.05) is 31.2 Å². The summed E-state index contributed by atoms with van der Waals surface area (Å²) >= 11 is 1.66. The molecule has 2 saturated heterocycles. The number of carbonyl (C=O) groups is 3. The van der Waals surface area contributed by atoms with Gasteiger partial charge in [0.1, 0.15) is 0 Å². The molecule has 2 aliphatic heterocycles. The number of fused-ring (bicyclic) bond motifs is 1. The van der Waals surface area contributed by atoms with Crippen molar-refractivity contribution in [2.24, 2.45) is 11.8 Å². The van der Waals surface area contributed by atoms with Crippen molar-refractivity contribution in [3.05, 3.63) is 58.1 Å². The van der Waals surface area contributed by atoms with E-state index in [2.05, 4.69) is 20.7 Å². The minimum absolute atomic E-state index is 0.0599. The number of allylic oxidation sites excluding steroid dienone is 2. The van der Waals surface area contributed by atoms with Gasteiger partial charge in [-0.05, 0) is 38.0 Å². The molecular weight excluding hydrogens is 438 g/mol. The number of benzene rings is 1. The Balaban J connectivity index is 1.25. The lowest BCUT2D eigenvalue weighted by atomic mass is 9.80. The molecule has 3 amide bonds. The number of rotatable bonds is 4. The number of nitrogens with zero attached hydrogens (tertiary/aromatic N) is 4. The first kappa shape index (κ1) is 21.8. The first-order valence-electron chi connectivity index (χ1n) is 11.3. The molecule has 1 aromatic carbocycles. The van der Waals surface area contributed by atoms with Crippen molar-refractivity contribution >= 4 is 34.7 Å². The summed E-state index contributed by atoms with van der Waals surface area (Å²) < 4.78 is 0. The number of carbonyl (C=O) groups excluding carboxylic acids is 3. The third-order valence-corrected chi connectivity index (χ3v) is 7.41. The van der Waals surface area contributed by atoms with Crippen molar-refractivity contribution in [2.45, 2.75) is 26.3 Å². The summed E-state index contributed by atoms with van der Waals surface area (Å²) in [7, 11) is 0. The largest absolute Gasteiger partial charge is 0.336 e. The van der Waals surface area contributed by atoms with Gasteiger partial charge < -0.3 is 4.90 Å². The van der Waals surface area contributed by atoms with Crippen LogP contribution in [-0.2, 0) is 16.1 Å². The molecule has 1 aliphatic carbocycles. The number of hydrazine groups is 1. The van der Waals surface area contributed by atoms with Crippen LogP contribution in [0.2, 0.25) is 0 Å². The van der Waals surface area contributed by atoms with Gasteiger partial charge in [0, 0.05) is 43.7 Å². The Bertz CT molecular complexity index is 1110. The van der Waals surface area contributed by atoms with Crippen LogP contribution in [0, 0.1) is 18.8 Å². The summed E-state index contributed by atoms with van der Waals surface area (Å²) in [5.74, 6) is -0.993. The summed E-state index contributed by atoms with van der Waals surface area (Å²) in [6.07, 6.45) is 5.07. The van der Waals surface area contributed by atoms with Gasteiger partial charge in [-0.2, -0.15) is 0 Å². The summed E-state index contributed by atoms with van der Waals surface area (Å²) in [5.41, 5.74) is 4.85. The molecule has 1 aromatic heterocycles. The zero-order chi connectivity index (χ0) is 22.9. The van der Waals surface area contributed by atoms with Gasteiger partial charge in [-0.3, -0.25) is 24.7 Å². The third kappa shape index (κ3) is 4.43. The van der Waals surface area contributed by atoms with Crippen LogP contribution in [0.1, 0.15) is 33.9 Å². The Labute approximate surface area is 196 Å². The molecule has 9 heteroatoms. The van der Waals surface area contributed by atoms with Crippen LogP contribution >= 0.6 is 11.3 Å². The fourth-order valence-electron chi connectivity index (χ4n) is 4.76. The average Bonchev–Trinajstić information content (AvgIpc) is 3.26. The molecule has 172 valence electrons. The van der Waals surface area contributed by atoms with E-state index in [4.69, 9.17) is 0 Å². The third-order valence-electron chi connectivity index (χ3n) is 6.59. The number of thiazole rings is 1. The van der Waals surface area contributed by atoms with Gasteiger partial charge in [-0.25, -0.2) is 9.99 Å². The lowest BCUT2D eigenvalue weighted by molar-refractivity contribution is -0.139. The molecule has 1 N–H and O–H groups in total. The maximum Gasteiger partial charge on any atom is 0.254 e. The Hall–Kier alpha value is -3.04. The van der Waals surface area contributed by atoms with Crippen molar-refractivity contribution < 1.29 is 14.4 Å². The second-order valence-electron chi connectivity index (χ2n) is 8.78. The Morgan fingerprint density at radius 2 is 1.88 bits per heavy atom. The Morgan fingerprint density at radius 1 is 1.12 bits per heavy atom. The van der Waals surface area contributed by atoms with E-state index in [1.54, 1.807) is 35.6 Å². The molecule has 0 saturated carbocycles. The lowest BCUT2D eigenvalue weighted by Crippen LogP contribution is -2.59. The number of anilines is 1. The van der Waals surface area contributed by atoms with Crippen molar-refractivity contribution in [1.29, 1.82) is 0 Å². The molecule has 0 radical (unpaired) electrons. The Morgan fingerprint density at radius 3 is 2.61 bits per heavy atom. The van der Waals surface area contributed by atoms with Crippen LogP contribution in [0.4, 0.5) is 5.69 Å². The van der Waals surface area contributed by atoms with Gasteiger partial charge in [-0.1, -0.05) is 18.2 Å². The number of piperazine rings is 1. The first-order valence-corrected chi connectivity index (χ1v) is 12.2. The van der Waals surface area contributed by atoms with Crippen molar-refractivity contribution in [1.82, 2.24) is 20.2 Å². The van der Waals surface area contributed by atoms with Gasteiger partial charge in [0.05, 0.1) is 28.2 Å². The highest BCUT2D eigenvalue weighted by atomic mass is 32.1. The lowest BCUT2D eigenvalue weighted by Gasteiger charge is -2.38. The monoisotopic (exact) mass is 465 g/mol. The fourth-order valence-corrected chi connectivity index (χ4v) is 5.37. The van der Waals surface area contributed by atoms with E-state index in [0.29, 0.717) is 37.2 Å². The molecule has 2 unspecified atom stereocenters. The highest BCUT2D eigenvalue weighted by molar-refractivity contribution is 7.09. The Kier molecular flexibility index (Phi) is 5.99. The number of hydrogen-bond acceptors (Lipinski definition) is 6. The van der Waals surface area contributed by atoms with E-state index < -0.39 is 0 Å². The molecule has 8 nitrogen and oxygen atoms in total. The van der Waals surface area contributed by atoms with Crippen LogP contribution in [0.3, 0.4) is 0 Å². The van der Waals surface area contributed by atoms with Crippen LogP contribution in [0.25, 0.3) is 0 Å². The van der Waals surface area contributed by atoms with E-state index in [9.17, 15) is 14.4 Å². The van der Waals surface area contributed by atoms with Gasteiger partial charge in [-0.15, -0.1) is 11.3 Å². The van der Waals surface area contributed by atoms with E-state index in [-0.39, 0.29) is 29.6 Å². The number of hydrogen-bond donors (Lipinski definition) is 1. The van der Waals surface area contributed by atoms with E-state index >= 15 is 0 Å². The van der Waals surface area contributed by atoms with Crippen molar-refractivity contribution in [3.63, 3.8) is 0 Å². The topological polar surface area (TPSA) is 85.8 Å². The zero-order valence-corrected chi connectivity index (χ0v) is 19.4. The quantitative estimate of drug-likeness (QED) is 0.701. The average molecular weight is 466 g/mol. The molecule has 2 aromatic rings. The maximum atomic E-state index is 13.2. The zero-order valence-electron chi connectivity index (χ0n) is 18.6. The number of aromatic nitrogens is 1. The first-order chi connectivity index (χ1) is 16.0. The van der Waals surface area contributed by atoms with Crippen LogP contribution < -0.4 is 10.4 Å². The SMILES string of the molecule is Cc1nc(CN2CCN(C(=O)c3cccc(N4NC(=O)C5CC=CCC5C4=O)c3)CC2)cs1. The van der Waals surface area contributed by atoms with Crippen LogP contribution in [-0.4, -0.2) is 58.7 Å². The summed E-state index contributed by atoms with van der Waals surface area (Å²) in [5, 5.41) is 4.47. The molecule has 5 rings (SSSR count). The standard InChI is InChI=1S/C24H27N5O3S/c1-16-25-18(15-33-16)14-27-9-11-28(12-10-27)23(31)17-5-4-6-19(13-17)29-24(32)21-8-3-2-7-20(21)22(30)26-29/h2-6,13,15,20-21H,7-12,14H2,1H3,(H,26,30). The summed E-state index contributed by atoms with van der Waals surface area (Å²) in [6.45, 7) is 5.67. The van der Waals surface area contributed by atoms with Gasteiger partial charge in [0.2, 0.25) is 11.8 Å². The fraction of sp³-hybridized carbons (Fsp3) is 0.417. The molecule has 3 aliphatic rings. The second-order valence-corrected chi connectivity index (χ2v) is 9.84. The predicted octanol–water partition coefficient (Wildman–Crippen LogP) is 2.37. The highest BCUT2D eigenvalue weighted by Crippen LogP contribution is 2.32.